The minimum absolute atomic E-state index is 0.0230. The van der Waals surface area contributed by atoms with Crippen LogP contribution in [0.2, 0.25) is 0 Å². The number of thioether (sulfide) groups is 1. The summed E-state index contributed by atoms with van der Waals surface area (Å²) in [5.41, 5.74) is 0.327. The maximum atomic E-state index is 12.3. The van der Waals surface area contributed by atoms with Crippen LogP contribution in [0.3, 0.4) is 0 Å². The molecule has 29 heavy (non-hydrogen) atoms. The SMILES string of the molecule is CCNS(=O)(=O)c1cccc(C(=O)OCC(=O)Nc2ccc(SC(F)F)cc2)c1. The molecule has 156 valence electrons. The second-order valence-electron chi connectivity index (χ2n) is 5.56. The first-order chi connectivity index (χ1) is 13.7. The third-order valence-corrected chi connectivity index (χ3v) is 5.68. The number of anilines is 1. The fraction of sp³-hybridized carbons (Fsp3) is 0.222. The Kier molecular flexibility index (Phi) is 8.11. The molecule has 0 heterocycles. The van der Waals surface area contributed by atoms with Crippen molar-refractivity contribution in [3.05, 3.63) is 54.1 Å². The van der Waals surface area contributed by atoms with Crippen LogP contribution in [0.5, 0.6) is 0 Å². The van der Waals surface area contributed by atoms with Crippen LogP contribution in [0.25, 0.3) is 0 Å². The number of rotatable bonds is 9. The second kappa shape index (κ2) is 10.3. The average Bonchev–Trinajstić information content (AvgIpc) is 2.67. The van der Waals surface area contributed by atoms with Gasteiger partial charge in [-0.2, -0.15) is 8.78 Å². The Morgan fingerprint density at radius 2 is 1.83 bits per heavy atom. The molecule has 2 N–H and O–H groups in total. The topological polar surface area (TPSA) is 102 Å². The van der Waals surface area contributed by atoms with Gasteiger partial charge in [0.1, 0.15) is 0 Å². The number of sulfonamides is 1. The van der Waals surface area contributed by atoms with Crippen LogP contribution in [0.15, 0.2) is 58.3 Å². The lowest BCUT2D eigenvalue weighted by Crippen LogP contribution is -2.24. The van der Waals surface area contributed by atoms with Crippen LogP contribution in [-0.4, -0.2) is 39.2 Å². The van der Waals surface area contributed by atoms with Crippen molar-refractivity contribution < 1.29 is 31.5 Å². The molecule has 2 aromatic rings. The Morgan fingerprint density at radius 1 is 1.14 bits per heavy atom. The number of halogens is 2. The summed E-state index contributed by atoms with van der Waals surface area (Å²) in [5, 5.41) is 2.46. The second-order valence-corrected chi connectivity index (χ2v) is 8.39. The highest BCUT2D eigenvalue weighted by Crippen LogP contribution is 2.26. The van der Waals surface area contributed by atoms with E-state index in [0.29, 0.717) is 22.3 Å². The monoisotopic (exact) mass is 444 g/mol. The molecule has 0 aliphatic heterocycles. The standard InChI is InChI=1S/C18H18F2N2O5S2/c1-2-21-29(25,26)15-5-3-4-12(10-15)17(24)27-11-16(23)22-13-6-8-14(9-7-13)28-18(19)20/h3-10,18,21H,2,11H2,1H3,(H,22,23). The van der Waals surface area contributed by atoms with Crippen molar-refractivity contribution in [2.75, 3.05) is 18.5 Å². The van der Waals surface area contributed by atoms with Crippen molar-refractivity contribution in [3.8, 4) is 0 Å². The molecule has 0 atom stereocenters. The van der Waals surface area contributed by atoms with Crippen LogP contribution in [-0.2, 0) is 19.6 Å². The van der Waals surface area contributed by atoms with E-state index in [1.54, 1.807) is 6.92 Å². The van der Waals surface area contributed by atoms with E-state index in [1.165, 1.54) is 42.5 Å². The molecular weight excluding hydrogens is 426 g/mol. The minimum atomic E-state index is -3.74. The van der Waals surface area contributed by atoms with Crippen molar-refractivity contribution in [2.45, 2.75) is 22.5 Å². The van der Waals surface area contributed by atoms with Gasteiger partial charge in [-0.05, 0) is 42.5 Å². The zero-order valence-corrected chi connectivity index (χ0v) is 16.9. The smallest absolute Gasteiger partial charge is 0.338 e. The molecule has 7 nitrogen and oxygen atoms in total. The zero-order chi connectivity index (χ0) is 21.4. The molecule has 0 saturated heterocycles. The van der Waals surface area contributed by atoms with E-state index in [1.807, 2.05) is 0 Å². The van der Waals surface area contributed by atoms with Crippen molar-refractivity contribution in [1.82, 2.24) is 4.72 Å². The number of hydrogen-bond donors (Lipinski definition) is 2. The van der Waals surface area contributed by atoms with Gasteiger partial charge in [0, 0.05) is 17.1 Å². The highest BCUT2D eigenvalue weighted by molar-refractivity contribution is 7.99. The maximum Gasteiger partial charge on any atom is 0.338 e. The van der Waals surface area contributed by atoms with E-state index < -0.39 is 34.3 Å². The number of nitrogens with one attached hydrogen (secondary N) is 2. The highest BCUT2D eigenvalue weighted by atomic mass is 32.2. The van der Waals surface area contributed by atoms with E-state index in [0.717, 1.165) is 6.07 Å². The summed E-state index contributed by atoms with van der Waals surface area (Å²) >= 11 is 0.381. The Morgan fingerprint density at radius 3 is 2.45 bits per heavy atom. The first-order valence-electron chi connectivity index (χ1n) is 8.33. The molecule has 11 heteroatoms. The molecular formula is C18H18F2N2O5S2. The maximum absolute atomic E-state index is 12.3. The summed E-state index contributed by atoms with van der Waals surface area (Å²) in [4.78, 5) is 24.2. The molecule has 1 amide bonds. The van der Waals surface area contributed by atoms with Gasteiger partial charge in [0.2, 0.25) is 10.0 Å². The highest BCUT2D eigenvalue weighted by Gasteiger charge is 2.17. The van der Waals surface area contributed by atoms with Crippen LogP contribution < -0.4 is 10.0 Å². The van der Waals surface area contributed by atoms with Crippen LogP contribution >= 0.6 is 11.8 Å². The van der Waals surface area contributed by atoms with Gasteiger partial charge in [-0.1, -0.05) is 24.8 Å². The summed E-state index contributed by atoms with van der Waals surface area (Å²) in [6.45, 7) is 1.22. The minimum Gasteiger partial charge on any atom is -0.452 e. The van der Waals surface area contributed by atoms with E-state index >= 15 is 0 Å². The van der Waals surface area contributed by atoms with Gasteiger partial charge in [0.25, 0.3) is 11.7 Å². The summed E-state index contributed by atoms with van der Waals surface area (Å²) in [5.74, 6) is -4.04. The first kappa shape index (κ1) is 22.8. The molecule has 2 rings (SSSR count). The largest absolute Gasteiger partial charge is 0.452 e. The van der Waals surface area contributed by atoms with E-state index in [2.05, 4.69) is 10.0 Å². The van der Waals surface area contributed by atoms with E-state index in [4.69, 9.17) is 4.74 Å². The molecule has 0 radical (unpaired) electrons. The first-order valence-corrected chi connectivity index (χ1v) is 10.7. The van der Waals surface area contributed by atoms with Crippen LogP contribution in [0.4, 0.5) is 14.5 Å². The van der Waals surface area contributed by atoms with Gasteiger partial charge >= 0.3 is 5.97 Å². The number of carbonyl (C=O) groups is 2. The molecule has 0 aliphatic carbocycles. The van der Waals surface area contributed by atoms with Gasteiger partial charge in [0.15, 0.2) is 6.61 Å². The number of benzene rings is 2. The number of alkyl halides is 2. The number of carbonyl (C=O) groups excluding carboxylic acids is 2. The van der Waals surface area contributed by atoms with E-state index in [-0.39, 0.29) is 17.0 Å². The number of hydrogen-bond acceptors (Lipinski definition) is 6. The predicted octanol–water partition coefficient (Wildman–Crippen LogP) is 3.10. The Labute approximate surface area is 170 Å². The van der Waals surface area contributed by atoms with Gasteiger partial charge in [0.05, 0.1) is 10.5 Å². The number of esters is 1. The fourth-order valence-electron chi connectivity index (χ4n) is 2.19. The molecule has 0 aliphatic rings. The number of ether oxygens (including phenoxy) is 1. The van der Waals surface area contributed by atoms with Gasteiger partial charge in [-0.15, -0.1) is 0 Å². The zero-order valence-electron chi connectivity index (χ0n) is 15.2. The van der Waals surface area contributed by atoms with Gasteiger partial charge < -0.3 is 10.1 Å². The summed E-state index contributed by atoms with van der Waals surface area (Å²) in [6, 6.07) is 11.0. The predicted molar refractivity (Wildman–Crippen MR) is 105 cm³/mol. The Bertz CT molecular complexity index is 966. The lowest BCUT2D eigenvalue weighted by Gasteiger charge is -2.09. The summed E-state index contributed by atoms with van der Waals surface area (Å²) in [7, 11) is -3.74. The lowest BCUT2D eigenvalue weighted by molar-refractivity contribution is -0.119. The molecule has 0 bridgehead atoms. The number of amides is 1. The molecule has 0 aromatic heterocycles. The van der Waals surface area contributed by atoms with Crippen LogP contribution in [0.1, 0.15) is 17.3 Å². The third kappa shape index (κ3) is 7.11. The quantitative estimate of drug-likeness (QED) is 0.455. The van der Waals surface area contributed by atoms with Gasteiger partial charge in [-0.25, -0.2) is 17.9 Å². The third-order valence-electron chi connectivity index (χ3n) is 3.41. The fourth-order valence-corrected chi connectivity index (χ4v) is 3.78. The molecule has 0 fully saturated rings. The van der Waals surface area contributed by atoms with Crippen molar-refractivity contribution in [1.29, 1.82) is 0 Å². The van der Waals surface area contributed by atoms with Crippen molar-refractivity contribution in [3.63, 3.8) is 0 Å². The molecule has 0 unspecified atom stereocenters. The van der Waals surface area contributed by atoms with E-state index in [9.17, 15) is 26.8 Å². The molecule has 2 aromatic carbocycles. The summed E-state index contributed by atoms with van der Waals surface area (Å²) in [6.07, 6.45) is 0. The van der Waals surface area contributed by atoms with Gasteiger partial charge in [-0.3, -0.25) is 4.79 Å². The lowest BCUT2D eigenvalue weighted by atomic mass is 10.2. The molecule has 0 saturated carbocycles. The van der Waals surface area contributed by atoms with Crippen LogP contribution in [0, 0.1) is 0 Å². The molecule has 0 spiro atoms. The Balaban J connectivity index is 1.92. The summed E-state index contributed by atoms with van der Waals surface area (Å²) < 4.78 is 55.8. The average molecular weight is 444 g/mol. The normalized spacial score (nSPS) is 11.3. The Hall–Kier alpha value is -2.50. The van der Waals surface area contributed by atoms with Crippen molar-refractivity contribution >= 4 is 39.3 Å². The van der Waals surface area contributed by atoms with Crippen molar-refractivity contribution in [2.24, 2.45) is 0 Å².